The highest BCUT2D eigenvalue weighted by Crippen LogP contribution is 2.45. The van der Waals surface area contributed by atoms with Gasteiger partial charge in [0.05, 0.1) is 26.0 Å². The van der Waals surface area contributed by atoms with Crippen LogP contribution in [0.5, 0.6) is 0 Å². The van der Waals surface area contributed by atoms with E-state index in [0.29, 0.717) is 10.6 Å². The summed E-state index contributed by atoms with van der Waals surface area (Å²) in [5, 5.41) is 11.8. The van der Waals surface area contributed by atoms with Gasteiger partial charge < -0.3 is 14.2 Å². The fourth-order valence-electron chi connectivity index (χ4n) is 3.94. The van der Waals surface area contributed by atoms with Crippen LogP contribution in [-0.2, 0) is 29.4 Å². The number of ether oxygens (including phenoxy) is 3. The van der Waals surface area contributed by atoms with E-state index in [1.807, 2.05) is 5.40 Å². The quantitative estimate of drug-likeness (QED) is 0.462. The second-order valence-corrected chi connectivity index (χ2v) is 8.47. The van der Waals surface area contributed by atoms with Crippen LogP contribution in [0.25, 0.3) is 0 Å². The summed E-state index contributed by atoms with van der Waals surface area (Å²) in [6, 6.07) is 6.68. The van der Waals surface area contributed by atoms with Crippen LogP contribution in [0.3, 0.4) is 0 Å². The molecule has 0 N–H and O–H groups in total. The second kappa shape index (κ2) is 10.2. The number of halogens is 1. The number of thiocyanates is 1. The summed E-state index contributed by atoms with van der Waals surface area (Å²) >= 11 is 6.96. The molecule has 2 aliphatic rings. The zero-order valence-electron chi connectivity index (χ0n) is 17.4. The predicted molar refractivity (Wildman–Crippen MR) is 118 cm³/mol. The number of esters is 2. The Morgan fingerprint density at radius 1 is 1.19 bits per heavy atom. The van der Waals surface area contributed by atoms with Gasteiger partial charge in [0.25, 0.3) is 0 Å². The van der Waals surface area contributed by atoms with Crippen molar-refractivity contribution in [3.63, 3.8) is 0 Å². The van der Waals surface area contributed by atoms with Gasteiger partial charge in [0.1, 0.15) is 16.5 Å². The maximum atomic E-state index is 13.0. The molecule has 31 heavy (non-hydrogen) atoms. The van der Waals surface area contributed by atoms with E-state index >= 15 is 0 Å². The molecule has 0 spiro atoms. The summed E-state index contributed by atoms with van der Waals surface area (Å²) in [4.78, 5) is 30.5. The molecule has 1 aromatic rings. The standard InChI is InChI=1S/C22H23ClN2O5S/c1-28-20(26)17-18(21(27)29-2)22(12-31-13-24,14-8-10-15(23)11-9-14)30-19(17)25-16-6-4-3-5-7-16/h8-11,16H,3-7,12H2,1-2H3. The third-order valence-corrected chi connectivity index (χ3v) is 6.37. The lowest BCUT2D eigenvalue weighted by atomic mass is 9.86. The van der Waals surface area contributed by atoms with Gasteiger partial charge in [-0.2, -0.15) is 5.26 Å². The molecule has 1 unspecified atom stereocenters. The van der Waals surface area contributed by atoms with Crippen LogP contribution in [0.15, 0.2) is 40.4 Å². The van der Waals surface area contributed by atoms with Crippen molar-refractivity contribution < 1.29 is 23.8 Å². The lowest BCUT2D eigenvalue weighted by molar-refractivity contribution is -0.139. The minimum Gasteiger partial charge on any atom is -0.466 e. The number of nitrogens with zero attached hydrogens (tertiary/aromatic N) is 2. The molecule has 1 saturated carbocycles. The molecular formula is C22H23ClN2O5S. The van der Waals surface area contributed by atoms with Gasteiger partial charge in [0.2, 0.25) is 5.90 Å². The number of benzene rings is 1. The molecule has 1 fully saturated rings. The molecule has 1 aliphatic carbocycles. The van der Waals surface area contributed by atoms with E-state index in [4.69, 9.17) is 30.8 Å². The van der Waals surface area contributed by atoms with E-state index in [-0.39, 0.29) is 28.8 Å². The number of hydrogen-bond donors (Lipinski definition) is 0. The molecule has 0 bridgehead atoms. The highest BCUT2D eigenvalue weighted by Gasteiger charge is 2.54. The Bertz CT molecular complexity index is 948. The Morgan fingerprint density at radius 2 is 1.84 bits per heavy atom. The number of methoxy groups -OCH3 is 2. The number of hydrogen-bond acceptors (Lipinski definition) is 8. The Kier molecular flexibility index (Phi) is 7.63. The molecule has 0 amide bonds. The van der Waals surface area contributed by atoms with Crippen LogP contribution < -0.4 is 0 Å². The summed E-state index contributed by atoms with van der Waals surface area (Å²) in [5.74, 6) is -1.40. The number of aliphatic imine (C=N–C) groups is 1. The third kappa shape index (κ3) is 4.73. The smallest absolute Gasteiger partial charge is 0.344 e. The molecule has 3 rings (SSSR count). The van der Waals surface area contributed by atoms with Gasteiger partial charge in [-0.1, -0.05) is 43.0 Å². The lowest BCUT2D eigenvalue weighted by Crippen LogP contribution is -2.36. The Hall–Kier alpha value is -2.50. The molecule has 7 nitrogen and oxygen atoms in total. The van der Waals surface area contributed by atoms with Crippen molar-refractivity contribution in [3.8, 4) is 5.40 Å². The van der Waals surface area contributed by atoms with Crippen molar-refractivity contribution in [3.05, 3.63) is 46.0 Å². The molecule has 1 atom stereocenters. The monoisotopic (exact) mass is 462 g/mol. The van der Waals surface area contributed by atoms with Crippen LogP contribution in [0.1, 0.15) is 37.7 Å². The van der Waals surface area contributed by atoms with E-state index in [1.165, 1.54) is 14.2 Å². The van der Waals surface area contributed by atoms with E-state index in [1.54, 1.807) is 24.3 Å². The number of carbonyl (C=O) groups is 2. The molecular weight excluding hydrogens is 440 g/mol. The number of nitriles is 1. The predicted octanol–water partition coefficient (Wildman–Crippen LogP) is 4.15. The van der Waals surface area contributed by atoms with Crippen molar-refractivity contribution in [1.29, 1.82) is 5.26 Å². The summed E-state index contributed by atoms with van der Waals surface area (Å²) in [7, 11) is 2.46. The highest BCUT2D eigenvalue weighted by molar-refractivity contribution is 8.03. The molecule has 0 radical (unpaired) electrons. The fourth-order valence-corrected chi connectivity index (χ4v) is 4.71. The largest absolute Gasteiger partial charge is 0.466 e. The normalized spacial score (nSPS) is 22.7. The van der Waals surface area contributed by atoms with E-state index in [9.17, 15) is 14.9 Å². The molecule has 0 saturated heterocycles. The zero-order chi connectivity index (χ0) is 22.4. The van der Waals surface area contributed by atoms with Gasteiger partial charge in [-0.15, -0.1) is 0 Å². The minimum absolute atomic E-state index is 0.0214. The highest BCUT2D eigenvalue weighted by atomic mass is 35.5. The Balaban J connectivity index is 2.24. The van der Waals surface area contributed by atoms with Crippen molar-refractivity contribution in [1.82, 2.24) is 0 Å². The van der Waals surface area contributed by atoms with Gasteiger partial charge in [-0.3, -0.25) is 0 Å². The number of rotatable bonds is 6. The van der Waals surface area contributed by atoms with Gasteiger partial charge >= 0.3 is 11.9 Å². The van der Waals surface area contributed by atoms with Crippen LogP contribution in [0.4, 0.5) is 0 Å². The van der Waals surface area contributed by atoms with Crippen LogP contribution >= 0.6 is 23.4 Å². The first-order valence-corrected chi connectivity index (χ1v) is 11.3. The maximum Gasteiger partial charge on any atom is 0.344 e. The van der Waals surface area contributed by atoms with Crippen molar-refractivity contribution in [2.45, 2.75) is 43.7 Å². The lowest BCUT2D eigenvalue weighted by Gasteiger charge is -2.30. The first-order valence-electron chi connectivity index (χ1n) is 9.92. The van der Waals surface area contributed by atoms with E-state index in [0.717, 1.165) is 43.9 Å². The van der Waals surface area contributed by atoms with Gasteiger partial charge in [-0.05, 0) is 36.7 Å². The van der Waals surface area contributed by atoms with Crippen molar-refractivity contribution in [2.75, 3.05) is 20.0 Å². The first-order chi connectivity index (χ1) is 15.0. The summed E-state index contributed by atoms with van der Waals surface area (Å²) in [5.41, 5.74) is -0.986. The average molecular weight is 463 g/mol. The molecule has 1 aliphatic heterocycles. The topological polar surface area (TPSA) is 98.0 Å². The zero-order valence-corrected chi connectivity index (χ0v) is 18.9. The molecule has 1 aromatic carbocycles. The van der Waals surface area contributed by atoms with Gasteiger partial charge in [0, 0.05) is 10.6 Å². The summed E-state index contributed by atoms with van der Waals surface area (Å²) < 4.78 is 16.3. The molecule has 164 valence electrons. The Morgan fingerprint density at radius 3 is 2.42 bits per heavy atom. The maximum absolute atomic E-state index is 13.0. The molecule has 0 aromatic heterocycles. The molecule has 1 heterocycles. The number of carbonyl (C=O) groups excluding carboxylic acids is 2. The average Bonchev–Trinajstić information content (AvgIpc) is 3.12. The Labute approximate surface area is 190 Å². The van der Waals surface area contributed by atoms with Crippen molar-refractivity contribution in [2.24, 2.45) is 4.99 Å². The van der Waals surface area contributed by atoms with Gasteiger partial charge in [-0.25, -0.2) is 14.6 Å². The van der Waals surface area contributed by atoms with Gasteiger partial charge in [0.15, 0.2) is 5.60 Å². The van der Waals surface area contributed by atoms with E-state index in [2.05, 4.69) is 0 Å². The summed E-state index contributed by atoms with van der Waals surface area (Å²) in [6.07, 6.45) is 4.96. The van der Waals surface area contributed by atoms with Crippen molar-refractivity contribution >= 4 is 41.2 Å². The fraction of sp³-hybridized carbons (Fsp3) is 0.455. The first kappa shape index (κ1) is 23.2. The van der Waals surface area contributed by atoms with Crippen LogP contribution in [0.2, 0.25) is 5.02 Å². The second-order valence-electron chi connectivity index (χ2n) is 7.28. The number of thioether (sulfide) groups is 1. The van der Waals surface area contributed by atoms with Crippen LogP contribution in [0, 0.1) is 10.7 Å². The SMILES string of the molecule is COC(=O)C1=C(C(=O)OC)C(CSC#N)(c2ccc(Cl)cc2)OC1=NC1CCCCC1. The molecule has 9 heteroatoms. The van der Waals surface area contributed by atoms with E-state index < -0.39 is 17.5 Å². The minimum atomic E-state index is -1.45. The van der Waals surface area contributed by atoms with Crippen LogP contribution in [-0.4, -0.2) is 43.9 Å². The summed E-state index contributed by atoms with van der Waals surface area (Å²) in [6.45, 7) is 0. The third-order valence-electron chi connectivity index (χ3n) is 5.44.